The molecule has 0 atom stereocenters. The van der Waals surface area contributed by atoms with Gasteiger partial charge in [-0.3, -0.25) is 10.00 Å². The van der Waals surface area contributed by atoms with Crippen molar-refractivity contribution in [2.75, 3.05) is 32.7 Å². The van der Waals surface area contributed by atoms with Crippen LogP contribution in [0.3, 0.4) is 0 Å². The number of ether oxygens (including phenoxy) is 1. The second-order valence-corrected chi connectivity index (χ2v) is 8.10. The number of carbonyl (C=O) groups is 2. The van der Waals surface area contributed by atoms with Gasteiger partial charge in [0.05, 0.1) is 6.10 Å². The van der Waals surface area contributed by atoms with Crippen molar-refractivity contribution in [2.45, 2.75) is 46.1 Å². The first-order chi connectivity index (χ1) is 12.7. The number of amides is 2. The van der Waals surface area contributed by atoms with Gasteiger partial charge in [0, 0.05) is 55.6 Å². The lowest BCUT2D eigenvalue weighted by Crippen LogP contribution is -2.51. The van der Waals surface area contributed by atoms with Crippen LogP contribution in [0.1, 0.15) is 44.6 Å². The van der Waals surface area contributed by atoms with E-state index in [0.717, 1.165) is 24.3 Å². The van der Waals surface area contributed by atoms with Gasteiger partial charge in [0.1, 0.15) is 11.3 Å². The molecule has 0 unspecified atom stereocenters. The summed E-state index contributed by atoms with van der Waals surface area (Å²) in [4.78, 5) is 29.4. The van der Waals surface area contributed by atoms with Crippen LogP contribution in [0.15, 0.2) is 6.20 Å². The van der Waals surface area contributed by atoms with Crippen molar-refractivity contribution in [1.82, 2.24) is 25.3 Å². The van der Waals surface area contributed by atoms with E-state index in [1.54, 1.807) is 24.9 Å². The summed E-state index contributed by atoms with van der Waals surface area (Å²) in [6, 6.07) is -0.0915. The van der Waals surface area contributed by atoms with Gasteiger partial charge >= 0.3 is 12.0 Å². The predicted octanol–water partition coefficient (Wildman–Crippen LogP) is 1.63. The Bertz CT molecular complexity index is 759. The van der Waals surface area contributed by atoms with Gasteiger partial charge in [0.15, 0.2) is 0 Å². The Balaban J connectivity index is 2.03. The molecule has 148 valence electrons. The summed E-state index contributed by atoms with van der Waals surface area (Å²) in [5.41, 5.74) is 2.36. The van der Waals surface area contributed by atoms with Crippen molar-refractivity contribution in [1.29, 1.82) is 0 Å². The first-order valence-electron chi connectivity index (χ1n) is 9.45. The Morgan fingerprint density at radius 2 is 1.93 bits per heavy atom. The first kappa shape index (κ1) is 19.4. The highest BCUT2D eigenvalue weighted by molar-refractivity contribution is 6.16. The van der Waals surface area contributed by atoms with Gasteiger partial charge in [-0.1, -0.05) is 13.8 Å². The van der Waals surface area contributed by atoms with Crippen LogP contribution < -0.4 is 5.32 Å². The number of piperazine rings is 1. The Morgan fingerprint density at radius 1 is 1.26 bits per heavy atom. The maximum atomic E-state index is 13.1. The van der Waals surface area contributed by atoms with Crippen LogP contribution in [0, 0.1) is 6.92 Å². The summed E-state index contributed by atoms with van der Waals surface area (Å²) in [6.45, 7) is 13.0. The maximum absolute atomic E-state index is 13.1. The second-order valence-electron chi connectivity index (χ2n) is 8.10. The Hall–Kier alpha value is -2.35. The van der Waals surface area contributed by atoms with Crippen LogP contribution in [0.25, 0.3) is 5.57 Å². The van der Waals surface area contributed by atoms with Gasteiger partial charge in [0.2, 0.25) is 0 Å². The molecule has 27 heavy (non-hydrogen) atoms. The van der Waals surface area contributed by atoms with Crippen molar-refractivity contribution in [3.8, 4) is 0 Å². The van der Waals surface area contributed by atoms with Gasteiger partial charge in [0.25, 0.3) is 0 Å². The van der Waals surface area contributed by atoms with Gasteiger partial charge in [-0.25, -0.2) is 9.59 Å². The molecule has 3 rings (SSSR count). The molecule has 2 aliphatic heterocycles. The third kappa shape index (κ3) is 3.85. The molecule has 2 amide bonds. The van der Waals surface area contributed by atoms with E-state index in [9.17, 15) is 9.59 Å². The lowest BCUT2D eigenvalue weighted by Gasteiger charge is -2.35. The van der Waals surface area contributed by atoms with Crippen LogP contribution >= 0.6 is 0 Å². The highest BCUT2D eigenvalue weighted by Crippen LogP contribution is 2.36. The molecule has 0 radical (unpaired) electrons. The average molecular weight is 375 g/mol. The normalized spacial score (nSPS) is 19.4. The van der Waals surface area contributed by atoms with Gasteiger partial charge in [-0.05, 0) is 20.8 Å². The number of nitrogens with one attached hydrogen (secondary N) is 2. The number of carbonyl (C=O) groups excluding carboxylic acids is 2. The number of hydrogen-bond donors (Lipinski definition) is 2. The van der Waals surface area contributed by atoms with Crippen LogP contribution in [-0.2, 0) is 14.9 Å². The van der Waals surface area contributed by atoms with E-state index in [-0.39, 0.29) is 17.6 Å². The number of rotatable bonds is 2. The molecule has 8 heteroatoms. The topological polar surface area (TPSA) is 90.6 Å². The molecule has 1 aromatic heterocycles. The number of urea groups is 1. The molecule has 0 aromatic carbocycles. The van der Waals surface area contributed by atoms with Crippen LogP contribution in [0.2, 0.25) is 0 Å². The van der Waals surface area contributed by atoms with Crippen LogP contribution in [0.4, 0.5) is 4.79 Å². The Labute approximate surface area is 159 Å². The summed E-state index contributed by atoms with van der Waals surface area (Å²) < 4.78 is 5.43. The fourth-order valence-corrected chi connectivity index (χ4v) is 3.81. The number of hydrogen-bond acceptors (Lipinski definition) is 5. The Kier molecular flexibility index (Phi) is 5.28. The number of fused-ring (bicyclic) bond motifs is 1. The lowest BCUT2D eigenvalue weighted by molar-refractivity contribution is -0.140. The number of aromatic amines is 1. The number of aryl methyl sites for hydroxylation is 1. The molecule has 1 fully saturated rings. The van der Waals surface area contributed by atoms with Crippen molar-refractivity contribution < 1.29 is 14.3 Å². The smallest absolute Gasteiger partial charge is 0.342 e. The highest BCUT2D eigenvalue weighted by Gasteiger charge is 2.38. The molecular formula is C19H29N5O3. The molecule has 0 spiro atoms. The monoisotopic (exact) mass is 375 g/mol. The highest BCUT2D eigenvalue weighted by atomic mass is 16.5. The fraction of sp³-hybridized carbons (Fsp3) is 0.632. The van der Waals surface area contributed by atoms with Gasteiger partial charge < -0.3 is 15.0 Å². The number of H-pyrrole nitrogens is 1. The summed E-state index contributed by atoms with van der Waals surface area (Å²) in [7, 11) is 0. The SMILES string of the molecule is Cc1[nH]nc2c1C(C)(C)CN(C(=O)N1CCNCC1)C=C2C(=O)OC(C)C. The minimum atomic E-state index is -0.464. The van der Waals surface area contributed by atoms with E-state index in [1.807, 2.05) is 11.8 Å². The molecule has 2 aliphatic rings. The van der Waals surface area contributed by atoms with Crippen molar-refractivity contribution in [3.63, 3.8) is 0 Å². The minimum absolute atomic E-state index is 0.0915. The van der Waals surface area contributed by atoms with E-state index in [4.69, 9.17) is 4.74 Å². The molecule has 2 N–H and O–H groups in total. The maximum Gasteiger partial charge on any atom is 0.342 e. The summed E-state index contributed by atoms with van der Waals surface area (Å²) in [6.07, 6.45) is 1.36. The number of esters is 1. The molecular weight excluding hydrogens is 346 g/mol. The summed E-state index contributed by atoms with van der Waals surface area (Å²) >= 11 is 0. The number of aromatic nitrogens is 2. The van der Waals surface area contributed by atoms with Crippen LogP contribution in [-0.4, -0.2) is 70.8 Å². The molecule has 3 heterocycles. The zero-order valence-electron chi connectivity index (χ0n) is 16.8. The van der Waals surface area contributed by atoms with E-state index in [2.05, 4.69) is 29.4 Å². The summed E-state index contributed by atoms with van der Waals surface area (Å²) in [5, 5.41) is 10.6. The van der Waals surface area contributed by atoms with Crippen molar-refractivity contribution in [2.24, 2.45) is 0 Å². The summed E-state index contributed by atoms with van der Waals surface area (Å²) in [5.74, 6) is -0.464. The third-order valence-corrected chi connectivity index (χ3v) is 4.93. The van der Waals surface area contributed by atoms with E-state index < -0.39 is 5.97 Å². The standard InChI is InChI=1S/C19H29N5O3/c1-12(2)27-17(25)14-10-24(18(26)23-8-6-20-7-9-23)11-19(4,5)15-13(3)21-22-16(14)15/h10,12,20H,6-9,11H2,1-5H3,(H,21,22). The van der Waals surface area contributed by atoms with Crippen LogP contribution in [0.5, 0.6) is 0 Å². The van der Waals surface area contributed by atoms with Gasteiger partial charge in [-0.15, -0.1) is 0 Å². The first-order valence-corrected chi connectivity index (χ1v) is 9.45. The zero-order chi connectivity index (χ0) is 19.8. The quantitative estimate of drug-likeness (QED) is 0.767. The third-order valence-electron chi connectivity index (χ3n) is 4.93. The molecule has 0 saturated carbocycles. The van der Waals surface area contributed by atoms with E-state index >= 15 is 0 Å². The van der Waals surface area contributed by atoms with E-state index in [0.29, 0.717) is 30.9 Å². The number of nitrogens with zero attached hydrogens (tertiary/aromatic N) is 3. The fourth-order valence-electron chi connectivity index (χ4n) is 3.81. The molecule has 1 aromatic rings. The Morgan fingerprint density at radius 3 is 2.56 bits per heavy atom. The minimum Gasteiger partial charge on any atom is -0.459 e. The van der Waals surface area contributed by atoms with Crippen molar-refractivity contribution >= 4 is 17.6 Å². The van der Waals surface area contributed by atoms with Crippen molar-refractivity contribution in [3.05, 3.63) is 23.2 Å². The second kappa shape index (κ2) is 7.34. The molecule has 0 bridgehead atoms. The predicted molar refractivity (Wildman–Crippen MR) is 102 cm³/mol. The lowest BCUT2D eigenvalue weighted by atomic mass is 9.82. The molecule has 8 nitrogen and oxygen atoms in total. The largest absolute Gasteiger partial charge is 0.459 e. The van der Waals surface area contributed by atoms with E-state index in [1.165, 1.54) is 0 Å². The molecule has 1 saturated heterocycles. The zero-order valence-corrected chi connectivity index (χ0v) is 16.8. The molecule has 0 aliphatic carbocycles. The average Bonchev–Trinajstić information content (AvgIpc) is 2.94. The van der Waals surface area contributed by atoms with Gasteiger partial charge in [-0.2, -0.15) is 5.10 Å².